The number of amides is 1. The van der Waals surface area contributed by atoms with Gasteiger partial charge in [0.05, 0.1) is 30.0 Å². The van der Waals surface area contributed by atoms with E-state index in [2.05, 4.69) is 10.3 Å². The number of rotatable bonds is 7. The van der Waals surface area contributed by atoms with Gasteiger partial charge in [-0.25, -0.2) is 4.79 Å². The first-order valence-corrected chi connectivity index (χ1v) is 9.57. The van der Waals surface area contributed by atoms with Crippen molar-refractivity contribution in [2.24, 2.45) is 5.92 Å². The molecule has 2 aromatic rings. The Labute approximate surface area is 168 Å². The highest BCUT2D eigenvalue weighted by Gasteiger charge is 2.37. The molecule has 0 spiro atoms. The predicted octanol–water partition coefficient (Wildman–Crippen LogP) is 2.78. The average molecular weight is 399 g/mol. The molecule has 4 N–H and O–H groups in total. The molecule has 154 valence electrons. The zero-order valence-corrected chi connectivity index (χ0v) is 16.4. The molecule has 2 atom stereocenters. The van der Waals surface area contributed by atoms with Crippen LogP contribution in [0.1, 0.15) is 54.5 Å². The second-order valence-electron chi connectivity index (χ2n) is 7.57. The number of benzene rings is 1. The normalized spacial score (nSPS) is 19.1. The van der Waals surface area contributed by atoms with Gasteiger partial charge in [0.2, 0.25) is 5.91 Å². The summed E-state index contributed by atoms with van der Waals surface area (Å²) in [4.78, 5) is 40.5. The third kappa shape index (κ3) is 4.48. The molecule has 0 saturated carbocycles. The Morgan fingerprint density at radius 1 is 1.17 bits per heavy atom. The second-order valence-corrected chi connectivity index (χ2v) is 7.57. The van der Waals surface area contributed by atoms with Gasteiger partial charge < -0.3 is 20.1 Å². The lowest BCUT2D eigenvalue weighted by molar-refractivity contribution is -0.137. The number of hydrogen-bond acceptors (Lipinski definition) is 4. The number of hydrogen-bond donors (Lipinski definition) is 4. The zero-order chi connectivity index (χ0) is 21.1. The van der Waals surface area contributed by atoms with Crippen LogP contribution in [0.15, 0.2) is 36.4 Å². The first-order chi connectivity index (χ1) is 13.8. The van der Waals surface area contributed by atoms with Crippen LogP contribution >= 0.6 is 0 Å². The molecule has 1 aliphatic heterocycles. The molecule has 3 rings (SSSR count). The van der Waals surface area contributed by atoms with Crippen LogP contribution in [-0.2, 0) is 16.1 Å². The zero-order valence-electron chi connectivity index (χ0n) is 16.4. The van der Waals surface area contributed by atoms with Crippen molar-refractivity contribution in [3.8, 4) is 0 Å². The summed E-state index contributed by atoms with van der Waals surface area (Å²) in [7, 11) is 0. The molecule has 0 fully saturated rings. The third-order valence-electron chi connectivity index (χ3n) is 5.10. The lowest BCUT2D eigenvalue weighted by atomic mass is 9.99. The van der Waals surface area contributed by atoms with Crippen molar-refractivity contribution in [1.82, 2.24) is 10.3 Å². The van der Waals surface area contributed by atoms with Crippen LogP contribution in [0.25, 0.3) is 0 Å². The van der Waals surface area contributed by atoms with E-state index < -0.39 is 18.0 Å². The van der Waals surface area contributed by atoms with Gasteiger partial charge >= 0.3 is 11.9 Å². The number of aromatic nitrogens is 1. The van der Waals surface area contributed by atoms with Crippen molar-refractivity contribution in [3.05, 3.63) is 53.3 Å². The van der Waals surface area contributed by atoms with Gasteiger partial charge in [-0.3, -0.25) is 14.9 Å². The Morgan fingerprint density at radius 3 is 2.45 bits per heavy atom. The summed E-state index contributed by atoms with van der Waals surface area (Å²) in [6, 6.07) is 9.88. The number of carboxylic acids is 2. The van der Waals surface area contributed by atoms with Crippen molar-refractivity contribution >= 4 is 23.5 Å². The summed E-state index contributed by atoms with van der Waals surface area (Å²) in [5.41, 5.74) is 2.04. The van der Waals surface area contributed by atoms with Gasteiger partial charge in [0.25, 0.3) is 0 Å². The Bertz CT molecular complexity index is 906. The molecule has 0 unspecified atom stereocenters. The monoisotopic (exact) mass is 399 g/mol. The quantitative estimate of drug-likeness (QED) is 0.568. The van der Waals surface area contributed by atoms with Gasteiger partial charge in [0.1, 0.15) is 5.69 Å². The minimum absolute atomic E-state index is 0.0114. The Morgan fingerprint density at radius 2 is 1.86 bits per heavy atom. The van der Waals surface area contributed by atoms with E-state index in [4.69, 9.17) is 5.11 Å². The van der Waals surface area contributed by atoms with Crippen molar-refractivity contribution in [2.75, 3.05) is 4.90 Å². The number of carbonyl (C=O) groups is 3. The maximum atomic E-state index is 13.4. The van der Waals surface area contributed by atoms with Gasteiger partial charge in [-0.15, -0.1) is 0 Å². The predicted molar refractivity (Wildman–Crippen MR) is 107 cm³/mol. The number of nitrogens with one attached hydrogen (secondary N) is 2. The van der Waals surface area contributed by atoms with Gasteiger partial charge in [-0.05, 0) is 24.0 Å². The number of fused-ring (bicyclic) bond motifs is 1. The lowest BCUT2D eigenvalue weighted by Crippen LogP contribution is -2.46. The molecular formula is C21H25N3O5. The Balaban J connectivity index is 2.07. The highest BCUT2D eigenvalue weighted by atomic mass is 16.4. The van der Waals surface area contributed by atoms with E-state index in [1.54, 1.807) is 4.90 Å². The van der Waals surface area contributed by atoms with Crippen molar-refractivity contribution in [3.63, 3.8) is 0 Å². The summed E-state index contributed by atoms with van der Waals surface area (Å²) in [6.45, 7) is 4.20. The number of aliphatic carboxylic acids is 1. The molecule has 1 aliphatic rings. The third-order valence-corrected chi connectivity index (χ3v) is 5.10. The first-order valence-electron chi connectivity index (χ1n) is 9.57. The maximum absolute atomic E-state index is 13.4. The molecule has 29 heavy (non-hydrogen) atoms. The van der Waals surface area contributed by atoms with E-state index >= 15 is 0 Å². The highest BCUT2D eigenvalue weighted by molar-refractivity contribution is 6.00. The summed E-state index contributed by atoms with van der Waals surface area (Å²) in [6.07, 6.45) is 0.0143. The van der Waals surface area contributed by atoms with Crippen molar-refractivity contribution in [2.45, 2.75) is 45.3 Å². The Hall–Kier alpha value is -3.13. The van der Waals surface area contributed by atoms with Crippen LogP contribution < -0.4 is 10.2 Å². The van der Waals surface area contributed by atoms with Crippen molar-refractivity contribution in [1.29, 1.82) is 0 Å². The maximum Gasteiger partial charge on any atom is 0.352 e. The van der Waals surface area contributed by atoms with Crippen LogP contribution in [0.5, 0.6) is 0 Å². The fourth-order valence-corrected chi connectivity index (χ4v) is 3.64. The molecule has 0 radical (unpaired) electrons. The molecule has 8 heteroatoms. The first kappa shape index (κ1) is 20.6. The number of carboxylic acid groups (broad SMARTS) is 2. The number of aromatic amines is 1. The smallest absolute Gasteiger partial charge is 0.352 e. The van der Waals surface area contributed by atoms with Crippen LogP contribution in [0.3, 0.4) is 0 Å². The van der Waals surface area contributed by atoms with Gasteiger partial charge in [-0.2, -0.15) is 0 Å². The van der Waals surface area contributed by atoms with E-state index in [9.17, 15) is 19.5 Å². The molecule has 0 aliphatic carbocycles. The summed E-state index contributed by atoms with van der Waals surface area (Å²) >= 11 is 0. The van der Waals surface area contributed by atoms with E-state index in [1.807, 2.05) is 44.2 Å². The molecular weight excluding hydrogens is 374 g/mol. The average Bonchev–Trinajstić information content (AvgIpc) is 3.07. The number of carbonyl (C=O) groups excluding carboxylic acids is 1. The molecule has 1 aromatic heterocycles. The number of anilines is 1. The number of H-pyrrole nitrogens is 1. The second kappa shape index (κ2) is 8.48. The summed E-state index contributed by atoms with van der Waals surface area (Å²) in [5, 5.41) is 21.8. The van der Waals surface area contributed by atoms with E-state index in [1.165, 1.54) is 6.07 Å². The number of aromatic carboxylic acids is 1. The van der Waals surface area contributed by atoms with Crippen molar-refractivity contribution < 1.29 is 24.6 Å². The highest BCUT2D eigenvalue weighted by Crippen LogP contribution is 2.36. The molecule has 8 nitrogen and oxygen atoms in total. The fourth-order valence-electron chi connectivity index (χ4n) is 3.64. The SMILES string of the molecule is CC(C)[C@H]1N[C@@H](CCC(=O)O)C(=O)N(Cc2ccccc2)c2cc(C(=O)O)[nH]c21. The topological polar surface area (TPSA) is 123 Å². The minimum Gasteiger partial charge on any atom is -0.481 e. The molecule has 0 saturated heterocycles. The molecule has 0 bridgehead atoms. The number of nitrogens with zero attached hydrogens (tertiary/aromatic N) is 1. The van der Waals surface area contributed by atoms with E-state index in [0.29, 0.717) is 11.4 Å². The standard InChI is InChI=1S/C21H25N3O5/c1-12(2)18-19-16(10-15(23-19)21(28)29)24(11-13-6-4-3-5-7-13)20(27)14(22-18)8-9-17(25)26/h3-7,10,12,14,18,22-23H,8-9,11H2,1-2H3,(H,25,26)(H,28,29)/t14-,18+/m0/s1. The lowest BCUT2D eigenvalue weighted by Gasteiger charge is -2.25. The van der Waals surface area contributed by atoms with Crippen LogP contribution in [-0.4, -0.2) is 39.1 Å². The van der Waals surface area contributed by atoms with E-state index in [-0.39, 0.29) is 42.9 Å². The van der Waals surface area contributed by atoms with E-state index in [0.717, 1.165) is 5.56 Å². The summed E-state index contributed by atoms with van der Waals surface area (Å²) < 4.78 is 0. The van der Waals surface area contributed by atoms with Crippen LogP contribution in [0.2, 0.25) is 0 Å². The van der Waals surface area contributed by atoms with Crippen LogP contribution in [0, 0.1) is 5.92 Å². The minimum atomic E-state index is -1.10. The Kier molecular flexibility index (Phi) is 6.03. The van der Waals surface area contributed by atoms with Gasteiger partial charge in [-0.1, -0.05) is 44.2 Å². The molecule has 1 amide bonds. The van der Waals surface area contributed by atoms with Gasteiger partial charge in [0.15, 0.2) is 0 Å². The van der Waals surface area contributed by atoms with Crippen LogP contribution in [0.4, 0.5) is 5.69 Å². The van der Waals surface area contributed by atoms with Gasteiger partial charge in [0, 0.05) is 6.42 Å². The summed E-state index contributed by atoms with van der Waals surface area (Å²) in [5.74, 6) is -2.29. The fraction of sp³-hybridized carbons (Fsp3) is 0.381. The molecule has 1 aromatic carbocycles. The molecule has 2 heterocycles. The largest absolute Gasteiger partial charge is 0.481 e.